The van der Waals surface area contributed by atoms with Crippen molar-refractivity contribution in [1.82, 2.24) is 9.88 Å². The van der Waals surface area contributed by atoms with E-state index in [9.17, 15) is 9.18 Å². The Morgan fingerprint density at radius 1 is 1.50 bits per heavy atom. The van der Waals surface area contributed by atoms with Crippen LogP contribution in [0.5, 0.6) is 0 Å². The van der Waals surface area contributed by atoms with Gasteiger partial charge in [0.05, 0.1) is 6.61 Å². The minimum Gasteiger partial charge on any atom is -0.395 e. The molecule has 0 saturated heterocycles. The highest BCUT2D eigenvalue weighted by atomic mass is 19.1. The number of carbonyl (C=O) groups excluding carboxylic acids is 1. The summed E-state index contributed by atoms with van der Waals surface area (Å²) in [4.78, 5) is 16.5. The summed E-state index contributed by atoms with van der Waals surface area (Å²) in [6.45, 7) is 2.51. The normalized spacial score (nSPS) is 10.8. The van der Waals surface area contributed by atoms with Gasteiger partial charge in [0.15, 0.2) is 0 Å². The third kappa shape index (κ3) is 2.22. The van der Waals surface area contributed by atoms with E-state index in [0.29, 0.717) is 23.1 Å². The van der Waals surface area contributed by atoms with Crippen LogP contribution >= 0.6 is 0 Å². The van der Waals surface area contributed by atoms with Crippen LogP contribution in [0, 0.1) is 5.82 Å². The number of hydrogen-bond donors (Lipinski definition) is 2. The Labute approximate surface area is 104 Å². The first kappa shape index (κ1) is 12.6. The minimum absolute atomic E-state index is 0.0891. The molecule has 0 radical (unpaired) electrons. The monoisotopic (exact) mass is 250 g/mol. The molecule has 18 heavy (non-hydrogen) atoms. The maximum Gasteiger partial charge on any atom is 0.270 e. The van der Waals surface area contributed by atoms with Gasteiger partial charge in [0.25, 0.3) is 5.91 Å². The van der Waals surface area contributed by atoms with Gasteiger partial charge < -0.3 is 15.0 Å². The van der Waals surface area contributed by atoms with Gasteiger partial charge in [0.2, 0.25) is 0 Å². The number of hydrogen-bond acceptors (Lipinski definition) is 2. The Hall–Kier alpha value is -1.88. The molecule has 0 bridgehead atoms. The second-order valence-electron chi connectivity index (χ2n) is 3.99. The third-order valence-corrected chi connectivity index (χ3v) is 2.88. The largest absolute Gasteiger partial charge is 0.395 e. The zero-order valence-electron chi connectivity index (χ0n) is 10.1. The highest BCUT2D eigenvalue weighted by molar-refractivity contribution is 5.98. The molecule has 0 aliphatic rings. The molecule has 1 amide bonds. The average molecular weight is 250 g/mol. The molecule has 5 heteroatoms. The molecule has 4 nitrogen and oxygen atoms in total. The van der Waals surface area contributed by atoms with Gasteiger partial charge in [-0.3, -0.25) is 4.79 Å². The Morgan fingerprint density at radius 2 is 2.28 bits per heavy atom. The number of amides is 1. The molecule has 0 aliphatic heterocycles. The molecular weight excluding hydrogens is 235 g/mol. The number of likely N-dealkylation sites (N-methyl/N-ethyl adjacent to an activating group) is 1. The van der Waals surface area contributed by atoms with Crippen molar-refractivity contribution in [3.05, 3.63) is 35.8 Å². The van der Waals surface area contributed by atoms with Crippen LogP contribution in [0.25, 0.3) is 10.9 Å². The summed E-state index contributed by atoms with van der Waals surface area (Å²) in [5.41, 5.74) is 0.934. The fourth-order valence-corrected chi connectivity index (χ4v) is 1.93. The number of aliphatic hydroxyl groups is 1. The fourth-order valence-electron chi connectivity index (χ4n) is 1.93. The summed E-state index contributed by atoms with van der Waals surface area (Å²) in [5, 5.41) is 9.29. The van der Waals surface area contributed by atoms with Crippen molar-refractivity contribution in [2.75, 3.05) is 19.7 Å². The Kier molecular flexibility index (Phi) is 3.62. The van der Waals surface area contributed by atoms with Gasteiger partial charge in [-0.2, -0.15) is 0 Å². The first-order chi connectivity index (χ1) is 8.67. The van der Waals surface area contributed by atoms with Gasteiger partial charge in [0.1, 0.15) is 11.5 Å². The third-order valence-electron chi connectivity index (χ3n) is 2.88. The molecule has 1 heterocycles. The highest BCUT2D eigenvalue weighted by Crippen LogP contribution is 2.19. The maximum absolute atomic E-state index is 13.5. The van der Waals surface area contributed by atoms with Gasteiger partial charge in [-0.1, -0.05) is 6.07 Å². The van der Waals surface area contributed by atoms with E-state index in [-0.39, 0.29) is 24.9 Å². The predicted octanol–water partition coefficient (Wildman–Crippen LogP) is 1.76. The van der Waals surface area contributed by atoms with Crippen LogP contribution < -0.4 is 0 Å². The number of benzene rings is 1. The summed E-state index contributed by atoms with van der Waals surface area (Å²) in [6.07, 6.45) is 0. The summed E-state index contributed by atoms with van der Waals surface area (Å²) in [7, 11) is 0. The number of halogens is 1. The fraction of sp³-hybridized carbons (Fsp3) is 0.308. The van der Waals surface area contributed by atoms with Gasteiger partial charge in [0, 0.05) is 24.0 Å². The number of H-pyrrole nitrogens is 1. The molecule has 96 valence electrons. The van der Waals surface area contributed by atoms with Gasteiger partial charge >= 0.3 is 0 Å². The Balaban J connectivity index is 2.36. The van der Waals surface area contributed by atoms with Gasteiger partial charge in [-0.25, -0.2) is 4.39 Å². The van der Waals surface area contributed by atoms with Crippen molar-refractivity contribution in [3.8, 4) is 0 Å². The van der Waals surface area contributed by atoms with E-state index in [1.165, 1.54) is 17.0 Å². The smallest absolute Gasteiger partial charge is 0.270 e. The van der Waals surface area contributed by atoms with E-state index in [1.54, 1.807) is 12.1 Å². The zero-order valence-corrected chi connectivity index (χ0v) is 10.1. The average Bonchev–Trinajstić information content (AvgIpc) is 2.80. The standard InChI is InChI=1S/C13H15FN2O2/c1-2-16(6-7-17)13(18)12-8-9-10(14)4-3-5-11(9)15-12/h3-5,8,15,17H,2,6-7H2,1H3. The number of aromatic nitrogens is 1. The van der Waals surface area contributed by atoms with E-state index in [2.05, 4.69) is 4.98 Å². The van der Waals surface area contributed by atoms with Crippen molar-refractivity contribution in [2.45, 2.75) is 6.92 Å². The number of fused-ring (bicyclic) bond motifs is 1. The van der Waals surface area contributed by atoms with Gasteiger partial charge in [-0.15, -0.1) is 0 Å². The van der Waals surface area contributed by atoms with Crippen molar-refractivity contribution >= 4 is 16.8 Å². The van der Waals surface area contributed by atoms with Crippen LogP contribution in [0.1, 0.15) is 17.4 Å². The van der Waals surface area contributed by atoms with Crippen LogP contribution in [-0.2, 0) is 0 Å². The molecule has 2 N–H and O–H groups in total. The van der Waals surface area contributed by atoms with E-state index < -0.39 is 0 Å². The Morgan fingerprint density at radius 3 is 2.89 bits per heavy atom. The van der Waals surface area contributed by atoms with Crippen molar-refractivity contribution in [3.63, 3.8) is 0 Å². The van der Waals surface area contributed by atoms with Crippen molar-refractivity contribution in [2.24, 2.45) is 0 Å². The molecule has 0 unspecified atom stereocenters. The van der Waals surface area contributed by atoms with Gasteiger partial charge in [-0.05, 0) is 25.1 Å². The Bertz CT molecular complexity index is 565. The molecule has 0 spiro atoms. The lowest BCUT2D eigenvalue weighted by molar-refractivity contribution is 0.0727. The number of carbonyl (C=O) groups is 1. The minimum atomic E-state index is -0.354. The van der Waals surface area contributed by atoms with Crippen molar-refractivity contribution < 1.29 is 14.3 Å². The van der Waals surface area contributed by atoms with Crippen LogP contribution in [0.4, 0.5) is 4.39 Å². The predicted molar refractivity (Wildman–Crippen MR) is 66.9 cm³/mol. The summed E-state index contributed by atoms with van der Waals surface area (Å²) < 4.78 is 13.5. The molecule has 0 atom stereocenters. The summed E-state index contributed by atoms with van der Waals surface area (Å²) >= 11 is 0. The van der Waals surface area contributed by atoms with Crippen LogP contribution in [0.2, 0.25) is 0 Å². The molecule has 2 rings (SSSR count). The number of aromatic amines is 1. The maximum atomic E-state index is 13.5. The molecule has 0 saturated carbocycles. The number of nitrogens with one attached hydrogen (secondary N) is 1. The van der Waals surface area contributed by atoms with Crippen molar-refractivity contribution in [1.29, 1.82) is 0 Å². The second-order valence-corrected chi connectivity index (χ2v) is 3.99. The SMILES string of the molecule is CCN(CCO)C(=O)c1cc2c(F)cccc2[nH]1. The topological polar surface area (TPSA) is 56.3 Å². The molecule has 0 aliphatic carbocycles. The van der Waals surface area contributed by atoms with E-state index >= 15 is 0 Å². The summed E-state index contributed by atoms with van der Waals surface area (Å²) in [6, 6.07) is 6.17. The second kappa shape index (κ2) is 5.18. The van der Waals surface area contributed by atoms with Crippen LogP contribution in [0.15, 0.2) is 24.3 Å². The molecule has 1 aromatic carbocycles. The molecule has 0 fully saturated rings. The first-order valence-corrected chi connectivity index (χ1v) is 5.84. The lowest BCUT2D eigenvalue weighted by atomic mass is 10.2. The summed E-state index contributed by atoms with van der Waals surface area (Å²) in [5.74, 6) is -0.588. The zero-order chi connectivity index (χ0) is 13.1. The van der Waals surface area contributed by atoms with Crippen LogP contribution in [-0.4, -0.2) is 40.6 Å². The molecule has 1 aromatic heterocycles. The lowest BCUT2D eigenvalue weighted by Crippen LogP contribution is -2.33. The number of rotatable bonds is 4. The van der Waals surface area contributed by atoms with E-state index in [1.807, 2.05) is 6.92 Å². The molecule has 2 aromatic rings. The lowest BCUT2D eigenvalue weighted by Gasteiger charge is -2.18. The van der Waals surface area contributed by atoms with E-state index in [0.717, 1.165) is 0 Å². The highest BCUT2D eigenvalue weighted by Gasteiger charge is 2.16. The molecular formula is C13H15FN2O2. The number of aliphatic hydroxyl groups excluding tert-OH is 1. The quantitative estimate of drug-likeness (QED) is 0.868. The number of nitrogens with zero attached hydrogens (tertiary/aromatic N) is 1. The van der Waals surface area contributed by atoms with Crippen LogP contribution in [0.3, 0.4) is 0 Å². The first-order valence-electron chi connectivity index (χ1n) is 5.84. The van der Waals surface area contributed by atoms with E-state index in [4.69, 9.17) is 5.11 Å².